The predicted octanol–water partition coefficient (Wildman–Crippen LogP) is 5.14. The molecule has 136 valence electrons. The Bertz CT molecular complexity index is 347. The van der Waals surface area contributed by atoms with Gasteiger partial charge in [0, 0.05) is 11.4 Å². The van der Waals surface area contributed by atoms with E-state index in [2.05, 4.69) is 13.8 Å². The fourth-order valence-electron chi connectivity index (χ4n) is 1.37. The molecular weight excluding hydrogens is 308 g/mol. The Morgan fingerprint density at radius 3 is 2.13 bits per heavy atom. The summed E-state index contributed by atoms with van der Waals surface area (Å²) in [6.07, 6.45) is 2.12. The second-order valence-corrected chi connectivity index (χ2v) is 5.35. The molecule has 0 radical (unpaired) electrons. The summed E-state index contributed by atoms with van der Waals surface area (Å²) in [6.45, 7) is 13.7. The largest absolute Gasteiger partial charge is 0.497 e. The maximum atomic E-state index is 5.87. The van der Waals surface area contributed by atoms with Crippen molar-refractivity contribution < 1.29 is 9.57 Å². The highest BCUT2D eigenvalue weighted by Gasteiger charge is 2.11. The lowest BCUT2D eigenvalue weighted by Gasteiger charge is -2.23. The molecule has 1 aromatic rings. The molecule has 1 unspecified atom stereocenters. The maximum Gasteiger partial charge on any atom is 0.118 e. The van der Waals surface area contributed by atoms with Gasteiger partial charge in [-0.2, -0.15) is 0 Å². The fourth-order valence-corrected chi connectivity index (χ4v) is 2.27. The van der Waals surface area contributed by atoms with Gasteiger partial charge in [0.15, 0.2) is 0 Å². The van der Waals surface area contributed by atoms with Gasteiger partial charge in [-0.25, -0.2) is 0 Å². The third-order valence-electron chi connectivity index (χ3n) is 2.68. The van der Waals surface area contributed by atoms with Crippen molar-refractivity contribution >= 4 is 11.9 Å². The van der Waals surface area contributed by atoms with E-state index in [1.165, 1.54) is 0 Å². The van der Waals surface area contributed by atoms with Crippen molar-refractivity contribution in [2.75, 3.05) is 20.2 Å². The monoisotopic (exact) mass is 344 g/mol. The van der Waals surface area contributed by atoms with E-state index in [0.717, 1.165) is 30.0 Å². The first-order valence-electron chi connectivity index (χ1n) is 8.66. The van der Waals surface area contributed by atoms with E-state index >= 15 is 0 Å². The van der Waals surface area contributed by atoms with Gasteiger partial charge < -0.3 is 10.5 Å². The summed E-state index contributed by atoms with van der Waals surface area (Å²) in [6, 6.07) is 7.96. The van der Waals surface area contributed by atoms with Crippen LogP contribution in [0.15, 0.2) is 29.2 Å². The minimum Gasteiger partial charge on any atom is -0.497 e. The summed E-state index contributed by atoms with van der Waals surface area (Å²) in [5.41, 5.74) is 5.56. The minimum atomic E-state index is 0.212. The third kappa shape index (κ3) is 12.4. The molecule has 23 heavy (non-hydrogen) atoms. The van der Waals surface area contributed by atoms with Crippen LogP contribution in [-0.2, 0) is 4.84 Å². The fraction of sp³-hybridized carbons (Fsp3) is 0.667. The van der Waals surface area contributed by atoms with Gasteiger partial charge in [0.1, 0.15) is 5.75 Å². The van der Waals surface area contributed by atoms with Gasteiger partial charge in [-0.15, -0.1) is 4.47 Å². The van der Waals surface area contributed by atoms with Crippen LogP contribution in [0.25, 0.3) is 0 Å². The molecule has 0 saturated carbocycles. The summed E-state index contributed by atoms with van der Waals surface area (Å²) in [5.74, 6) is 0.862. The van der Waals surface area contributed by atoms with Crippen molar-refractivity contribution in [1.29, 1.82) is 0 Å². The summed E-state index contributed by atoms with van der Waals surface area (Å²) in [5, 5.41) is 0. The molecule has 1 aromatic carbocycles. The lowest BCUT2D eigenvalue weighted by atomic mass is 10.3. The Hall–Kier alpha value is -0.750. The van der Waals surface area contributed by atoms with Gasteiger partial charge in [0.25, 0.3) is 0 Å². The maximum absolute atomic E-state index is 5.87. The molecule has 0 bridgehead atoms. The van der Waals surface area contributed by atoms with E-state index < -0.39 is 0 Å². The molecule has 1 rings (SSSR count). The van der Waals surface area contributed by atoms with Gasteiger partial charge in [-0.05, 0) is 62.5 Å². The lowest BCUT2D eigenvalue weighted by Crippen LogP contribution is -2.24. The van der Waals surface area contributed by atoms with E-state index in [1.54, 1.807) is 19.1 Å². The Balaban J connectivity index is 0. The first kappa shape index (κ1) is 24.5. The third-order valence-corrected chi connectivity index (χ3v) is 3.64. The first-order valence-corrected chi connectivity index (χ1v) is 9.43. The van der Waals surface area contributed by atoms with Gasteiger partial charge in [0.2, 0.25) is 0 Å². The number of hydroxylamine groups is 1. The van der Waals surface area contributed by atoms with E-state index in [9.17, 15) is 0 Å². The van der Waals surface area contributed by atoms with Crippen molar-refractivity contribution in [1.82, 2.24) is 4.47 Å². The van der Waals surface area contributed by atoms with Crippen molar-refractivity contribution in [3.8, 4) is 5.75 Å². The predicted molar refractivity (Wildman–Crippen MR) is 103 cm³/mol. The Morgan fingerprint density at radius 1 is 1.13 bits per heavy atom. The first-order chi connectivity index (χ1) is 11.2. The van der Waals surface area contributed by atoms with Crippen molar-refractivity contribution in [3.05, 3.63) is 24.3 Å². The second-order valence-electron chi connectivity index (χ2n) is 4.29. The zero-order chi connectivity index (χ0) is 18.1. The molecule has 0 amide bonds. The average Bonchev–Trinajstić information content (AvgIpc) is 2.63. The molecule has 0 fully saturated rings. The Kier molecular flexibility index (Phi) is 18.8. The highest BCUT2D eigenvalue weighted by atomic mass is 32.2. The highest BCUT2D eigenvalue weighted by Crippen LogP contribution is 2.26. The van der Waals surface area contributed by atoms with Crippen LogP contribution in [0.2, 0.25) is 0 Å². The molecule has 0 saturated heterocycles. The summed E-state index contributed by atoms with van der Waals surface area (Å²) in [4.78, 5) is 7.00. The number of nitrogens with zero attached hydrogens (tertiary/aromatic N) is 1. The number of rotatable bonds is 9. The van der Waals surface area contributed by atoms with Crippen LogP contribution in [0.4, 0.5) is 0 Å². The SMILES string of the molecule is CC.CC.CCC(C)ON(CCCN)Sc1ccc(OC)cc1. The molecule has 0 aliphatic heterocycles. The molecule has 4 nitrogen and oxygen atoms in total. The second kappa shape index (κ2) is 17.6. The normalized spacial score (nSPS) is 11.0. The van der Waals surface area contributed by atoms with Crippen molar-refractivity contribution in [2.45, 2.75) is 65.4 Å². The summed E-state index contributed by atoms with van der Waals surface area (Å²) < 4.78 is 7.07. The van der Waals surface area contributed by atoms with Crippen LogP contribution < -0.4 is 10.5 Å². The standard InChI is InChI=1S/C14H24N2O2S.2C2H6/c1-4-12(2)18-16(11-5-10-15)19-14-8-6-13(17-3)7-9-14;2*1-2/h6-9,12H,4-5,10-11,15H2,1-3H3;2*1-2H3. The number of hydrogen-bond donors (Lipinski definition) is 1. The van der Waals surface area contributed by atoms with Crippen LogP contribution >= 0.6 is 11.9 Å². The van der Waals surface area contributed by atoms with E-state index in [0.29, 0.717) is 6.54 Å². The molecule has 2 N–H and O–H groups in total. The van der Waals surface area contributed by atoms with Gasteiger partial charge in [0.05, 0.1) is 13.2 Å². The lowest BCUT2D eigenvalue weighted by molar-refractivity contribution is -0.119. The zero-order valence-corrected chi connectivity index (χ0v) is 16.8. The number of ether oxygens (including phenoxy) is 1. The van der Waals surface area contributed by atoms with Crippen LogP contribution in [0.3, 0.4) is 0 Å². The molecule has 0 spiro atoms. The molecule has 0 heterocycles. The van der Waals surface area contributed by atoms with Crippen molar-refractivity contribution in [2.24, 2.45) is 5.73 Å². The Morgan fingerprint density at radius 2 is 1.70 bits per heavy atom. The van der Waals surface area contributed by atoms with Crippen LogP contribution in [0.5, 0.6) is 5.75 Å². The zero-order valence-electron chi connectivity index (χ0n) is 16.0. The highest BCUT2D eigenvalue weighted by molar-refractivity contribution is 7.96. The van der Waals surface area contributed by atoms with E-state index in [4.69, 9.17) is 15.3 Å². The smallest absolute Gasteiger partial charge is 0.118 e. The number of benzene rings is 1. The van der Waals surface area contributed by atoms with Gasteiger partial charge >= 0.3 is 0 Å². The molecule has 0 aliphatic carbocycles. The molecular formula is C18H36N2O2S. The minimum absolute atomic E-state index is 0.212. The van der Waals surface area contributed by atoms with E-state index in [1.807, 2.05) is 56.4 Å². The van der Waals surface area contributed by atoms with Gasteiger partial charge in [-0.3, -0.25) is 4.84 Å². The van der Waals surface area contributed by atoms with Crippen molar-refractivity contribution in [3.63, 3.8) is 0 Å². The summed E-state index contributed by atoms with van der Waals surface area (Å²) >= 11 is 1.59. The van der Waals surface area contributed by atoms with E-state index in [-0.39, 0.29) is 6.10 Å². The molecule has 0 aliphatic rings. The van der Waals surface area contributed by atoms with Crippen LogP contribution in [0, 0.1) is 0 Å². The number of hydrogen-bond acceptors (Lipinski definition) is 5. The topological polar surface area (TPSA) is 47.7 Å². The molecule has 5 heteroatoms. The van der Waals surface area contributed by atoms with Crippen LogP contribution in [0.1, 0.15) is 54.4 Å². The van der Waals surface area contributed by atoms with Gasteiger partial charge in [-0.1, -0.05) is 34.6 Å². The summed E-state index contributed by atoms with van der Waals surface area (Å²) in [7, 11) is 1.67. The Labute approximate surface area is 147 Å². The molecule has 0 aromatic heterocycles. The quantitative estimate of drug-likeness (QED) is 0.497. The average molecular weight is 345 g/mol. The van der Waals surface area contributed by atoms with Crippen LogP contribution in [-0.4, -0.2) is 30.8 Å². The molecule has 1 atom stereocenters. The number of methoxy groups -OCH3 is 1. The number of nitrogens with two attached hydrogens (primary N) is 1.